The predicted molar refractivity (Wildman–Crippen MR) is 52.9 cm³/mol. The van der Waals surface area contributed by atoms with E-state index in [0.717, 1.165) is 0 Å². The third kappa shape index (κ3) is 3.88. The third-order valence-corrected chi connectivity index (χ3v) is 2.15. The fraction of sp³-hybridized carbons (Fsp3) is 0.625. The number of carbonyl (C=O) groups is 1. The molecule has 0 N–H and O–H groups in total. The van der Waals surface area contributed by atoms with Gasteiger partial charge in [0.15, 0.2) is 0 Å². The lowest BCUT2D eigenvalue weighted by Crippen LogP contribution is -2.04. The molecule has 0 bridgehead atoms. The molecule has 15 heavy (non-hydrogen) atoms. The number of hydrogen-bond acceptors (Lipinski definition) is 7. The van der Waals surface area contributed by atoms with Crippen LogP contribution in [0.1, 0.15) is 17.6 Å². The second kappa shape index (κ2) is 6.41. The topological polar surface area (TPSA) is 74.5 Å². The fourth-order valence-electron chi connectivity index (χ4n) is 0.756. The predicted octanol–water partition coefficient (Wildman–Crippen LogP) is 0.985. The molecule has 0 amide bonds. The van der Waals surface area contributed by atoms with Crippen molar-refractivity contribution in [2.24, 2.45) is 0 Å². The molecule has 1 aromatic rings. The lowest BCUT2D eigenvalue weighted by molar-refractivity contribution is 0.0475. The summed E-state index contributed by atoms with van der Waals surface area (Å²) in [6.07, 6.45) is 0. The zero-order valence-corrected chi connectivity index (χ0v) is 9.37. The summed E-state index contributed by atoms with van der Waals surface area (Å²) in [5.74, 6) is -0.0126. The van der Waals surface area contributed by atoms with Gasteiger partial charge in [-0.3, -0.25) is 0 Å². The molecule has 0 atom stereocenters. The number of rotatable bonds is 6. The van der Waals surface area contributed by atoms with E-state index in [4.69, 9.17) is 13.9 Å². The van der Waals surface area contributed by atoms with Crippen LogP contribution in [0.4, 0.5) is 0 Å². The highest BCUT2D eigenvalue weighted by molar-refractivity contribution is 7.99. The van der Waals surface area contributed by atoms with Gasteiger partial charge >= 0.3 is 11.9 Å². The second-order valence-electron chi connectivity index (χ2n) is 2.43. The molecule has 0 aliphatic rings. The van der Waals surface area contributed by atoms with E-state index >= 15 is 0 Å². The third-order valence-electron chi connectivity index (χ3n) is 1.37. The quantitative estimate of drug-likeness (QED) is 0.411. The van der Waals surface area contributed by atoms with Crippen molar-refractivity contribution < 1.29 is 18.7 Å². The van der Waals surface area contributed by atoms with Gasteiger partial charge in [-0.15, -0.1) is 5.10 Å². The smallest absolute Gasteiger partial charge is 0.396 e. The molecule has 0 radical (unpaired) electrons. The fourth-order valence-corrected chi connectivity index (χ4v) is 1.42. The minimum Gasteiger partial charge on any atom is -0.459 e. The Balaban J connectivity index is 2.45. The Hall–Kier alpha value is -1.08. The maximum Gasteiger partial charge on any atom is 0.396 e. The number of carbonyl (C=O) groups excluding carboxylic acids is 1. The molecule has 0 spiro atoms. The highest BCUT2D eigenvalue weighted by Crippen LogP contribution is 2.15. The van der Waals surface area contributed by atoms with E-state index in [1.807, 2.05) is 0 Å². The number of nitrogens with zero attached hydrogens (tertiary/aromatic N) is 2. The number of methoxy groups -OCH3 is 1. The summed E-state index contributed by atoms with van der Waals surface area (Å²) in [5.41, 5.74) is 0. The minimum absolute atomic E-state index is 0.114. The van der Waals surface area contributed by atoms with Gasteiger partial charge in [-0.05, 0) is 6.92 Å². The van der Waals surface area contributed by atoms with Crippen LogP contribution in [0.2, 0.25) is 0 Å². The van der Waals surface area contributed by atoms with E-state index < -0.39 is 5.97 Å². The number of ether oxygens (including phenoxy) is 2. The largest absolute Gasteiger partial charge is 0.459 e. The Morgan fingerprint density at radius 1 is 1.53 bits per heavy atom. The standard InChI is InChI=1S/C8H12N2O4S/c1-3-13-7(11)6-9-10-8(14-6)15-5-4-12-2/h3-5H2,1-2H3. The van der Waals surface area contributed by atoms with Crippen molar-refractivity contribution in [3.63, 3.8) is 0 Å². The zero-order chi connectivity index (χ0) is 11.1. The van der Waals surface area contributed by atoms with Crippen LogP contribution in [0.25, 0.3) is 0 Å². The average Bonchev–Trinajstić information content (AvgIpc) is 2.67. The zero-order valence-electron chi connectivity index (χ0n) is 8.56. The van der Waals surface area contributed by atoms with Crippen LogP contribution in [-0.2, 0) is 9.47 Å². The lowest BCUT2D eigenvalue weighted by Gasteiger charge is -1.95. The van der Waals surface area contributed by atoms with E-state index in [-0.39, 0.29) is 12.5 Å². The SMILES string of the molecule is CCOC(=O)c1nnc(SCCOC)o1. The van der Waals surface area contributed by atoms with Crippen molar-refractivity contribution in [3.8, 4) is 0 Å². The van der Waals surface area contributed by atoms with Crippen molar-refractivity contribution in [2.75, 3.05) is 26.1 Å². The Morgan fingerprint density at radius 2 is 2.33 bits per heavy atom. The van der Waals surface area contributed by atoms with Crippen LogP contribution in [0.3, 0.4) is 0 Å². The maximum absolute atomic E-state index is 11.1. The molecule has 1 heterocycles. The molecule has 1 rings (SSSR count). The van der Waals surface area contributed by atoms with E-state index in [1.54, 1.807) is 14.0 Å². The Kier molecular flexibility index (Phi) is 5.13. The number of thioether (sulfide) groups is 1. The van der Waals surface area contributed by atoms with Crippen LogP contribution in [0, 0.1) is 0 Å². The highest BCUT2D eigenvalue weighted by Gasteiger charge is 2.15. The number of aromatic nitrogens is 2. The maximum atomic E-state index is 11.1. The van der Waals surface area contributed by atoms with E-state index in [0.29, 0.717) is 17.6 Å². The van der Waals surface area contributed by atoms with Crippen LogP contribution in [-0.4, -0.2) is 42.2 Å². The molecule has 0 aromatic carbocycles. The first kappa shape index (κ1) is 12.0. The van der Waals surface area contributed by atoms with Gasteiger partial charge in [0.25, 0.3) is 5.22 Å². The summed E-state index contributed by atoms with van der Waals surface area (Å²) >= 11 is 1.33. The van der Waals surface area contributed by atoms with Crippen molar-refractivity contribution in [1.29, 1.82) is 0 Å². The molecule has 0 saturated heterocycles. The van der Waals surface area contributed by atoms with Gasteiger partial charge in [0.2, 0.25) is 0 Å². The summed E-state index contributed by atoms with van der Waals surface area (Å²) in [4.78, 5) is 11.1. The summed E-state index contributed by atoms with van der Waals surface area (Å²) in [7, 11) is 1.61. The second-order valence-corrected chi connectivity index (χ2v) is 3.48. The lowest BCUT2D eigenvalue weighted by atomic mass is 10.7. The molecular weight excluding hydrogens is 220 g/mol. The molecule has 0 aliphatic carbocycles. The summed E-state index contributed by atoms with van der Waals surface area (Å²) in [5, 5.41) is 7.58. The van der Waals surface area contributed by atoms with E-state index in [2.05, 4.69) is 10.2 Å². The van der Waals surface area contributed by atoms with Crippen molar-refractivity contribution in [1.82, 2.24) is 10.2 Å². The van der Waals surface area contributed by atoms with Crippen molar-refractivity contribution in [3.05, 3.63) is 5.89 Å². The normalized spacial score (nSPS) is 10.3. The van der Waals surface area contributed by atoms with Crippen LogP contribution in [0.5, 0.6) is 0 Å². The molecule has 1 aromatic heterocycles. The van der Waals surface area contributed by atoms with E-state index in [1.165, 1.54) is 11.8 Å². The molecule has 7 heteroatoms. The van der Waals surface area contributed by atoms with Gasteiger partial charge in [0.1, 0.15) is 0 Å². The van der Waals surface area contributed by atoms with E-state index in [9.17, 15) is 4.79 Å². The first-order valence-electron chi connectivity index (χ1n) is 4.40. The first-order chi connectivity index (χ1) is 7.27. The highest BCUT2D eigenvalue weighted by atomic mass is 32.2. The average molecular weight is 232 g/mol. The van der Waals surface area contributed by atoms with Gasteiger partial charge in [-0.25, -0.2) is 4.79 Å². The van der Waals surface area contributed by atoms with Gasteiger partial charge in [-0.1, -0.05) is 16.9 Å². The minimum atomic E-state index is -0.594. The summed E-state index contributed by atoms with van der Waals surface area (Å²) in [6, 6.07) is 0. The molecular formula is C8H12N2O4S. The number of hydrogen-bond donors (Lipinski definition) is 0. The molecule has 0 fully saturated rings. The molecule has 0 saturated carbocycles. The van der Waals surface area contributed by atoms with Crippen LogP contribution >= 0.6 is 11.8 Å². The van der Waals surface area contributed by atoms with Gasteiger partial charge in [0.05, 0.1) is 13.2 Å². The molecule has 6 nitrogen and oxygen atoms in total. The van der Waals surface area contributed by atoms with Gasteiger partial charge in [0, 0.05) is 12.9 Å². The monoisotopic (exact) mass is 232 g/mol. The molecule has 84 valence electrons. The summed E-state index contributed by atoms with van der Waals surface area (Å²) in [6.45, 7) is 2.58. The Bertz CT molecular complexity index is 315. The Morgan fingerprint density at radius 3 is 3.00 bits per heavy atom. The summed E-state index contributed by atoms with van der Waals surface area (Å²) < 4.78 is 14.6. The van der Waals surface area contributed by atoms with Crippen molar-refractivity contribution >= 4 is 17.7 Å². The van der Waals surface area contributed by atoms with Crippen LogP contribution in [0.15, 0.2) is 9.64 Å². The molecule has 0 unspecified atom stereocenters. The van der Waals surface area contributed by atoms with Gasteiger partial charge in [-0.2, -0.15) is 0 Å². The molecule has 0 aliphatic heterocycles. The Labute approximate surface area is 91.3 Å². The first-order valence-corrected chi connectivity index (χ1v) is 5.38. The van der Waals surface area contributed by atoms with Gasteiger partial charge < -0.3 is 13.9 Å². The number of esters is 1. The van der Waals surface area contributed by atoms with Crippen molar-refractivity contribution in [2.45, 2.75) is 12.1 Å². The van der Waals surface area contributed by atoms with Crippen LogP contribution < -0.4 is 0 Å².